The monoisotopic (exact) mass is 713 g/mol. The number of unbranched alkanes of at least 4 members (excludes halogenated alkanes) is 5. The number of phenolic OH excluding ortho intramolecular Hbond substituents is 1. The maximum Gasteiger partial charge on any atom is 0.324 e. The van der Waals surface area contributed by atoms with Crippen LogP contribution in [0.1, 0.15) is 191 Å². The van der Waals surface area contributed by atoms with Crippen molar-refractivity contribution < 1.29 is 24.2 Å². The number of esters is 2. The van der Waals surface area contributed by atoms with Gasteiger partial charge >= 0.3 is 11.9 Å². The van der Waals surface area contributed by atoms with Crippen LogP contribution in [0.3, 0.4) is 0 Å². The standard InChI is InChI=1S/C44H76N2O5/c1-16-17-18-19-20-21-22-44(36(48)50-31-26-40(8,9)45-41(10,11)27-31,37(49)51-32-28-42(12,13)46-43(14,15)29-32)25-30-23-33(38(2,3)4)35(47)34(24-30)39(5,6)7/h23-24,31-32,45-47H,16-22,25-29H2,1-15H3. The Kier molecular flexibility index (Phi) is 13.3. The molecule has 2 heterocycles. The van der Waals surface area contributed by atoms with Gasteiger partial charge in [0.25, 0.3) is 0 Å². The van der Waals surface area contributed by atoms with Crippen LogP contribution in [0.15, 0.2) is 12.1 Å². The molecule has 51 heavy (non-hydrogen) atoms. The third kappa shape index (κ3) is 11.9. The summed E-state index contributed by atoms with van der Waals surface area (Å²) < 4.78 is 13.1. The lowest BCUT2D eigenvalue weighted by atomic mass is 9.73. The van der Waals surface area contributed by atoms with Crippen LogP contribution in [0.25, 0.3) is 0 Å². The molecular weight excluding hydrogens is 636 g/mol. The van der Waals surface area contributed by atoms with Gasteiger partial charge in [0.05, 0.1) is 0 Å². The van der Waals surface area contributed by atoms with Crippen LogP contribution in [0.4, 0.5) is 0 Å². The summed E-state index contributed by atoms with van der Waals surface area (Å²) in [6, 6.07) is 4.02. The van der Waals surface area contributed by atoms with E-state index in [1.54, 1.807) is 0 Å². The summed E-state index contributed by atoms with van der Waals surface area (Å²) in [7, 11) is 0. The highest BCUT2D eigenvalue weighted by atomic mass is 16.6. The number of aromatic hydroxyl groups is 1. The van der Waals surface area contributed by atoms with Gasteiger partial charge in [-0.25, -0.2) is 0 Å². The smallest absolute Gasteiger partial charge is 0.324 e. The molecule has 2 saturated heterocycles. The molecule has 0 aliphatic carbocycles. The molecule has 7 heteroatoms. The molecule has 0 bridgehead atoms. The number of phenols is 1. The van der Waals surface area contributed by atoms with Crippen LogP contribution in [0, 0.1) is 5.41 Å². The van der Waals surface area contributed by atoms with Crippen molar-refractivity contribution in [3.63, 3.8) is 0 Å². The fourth-order valence-electron chi connectivity index (χ4n) is 9.17. The van der Waals surface area contributed by atoms with E-state index in [9.17, 15) is 5.11 Å². The number of rotatable bonds is 13. The number of carbonyl (C=O) groups is 2. The lowest BCUT2D eigenvalue weighted by Crippen LogP contribution is -2.61. The summed E-state index contributed by atoms with van der Waals surface area (Å²) in [6.07, 6.45) is 8.62. The average molecular weight is 713 g/mol. The van der Waals surface area contributed by atoms with E-state index in [0.29, 0.717) is 32.1 Å². The maximum absolute atomic E-state index is 15.1. The van der Waals surface area contributed by atoms with E-state index in [1.165, 1.54) is 6.42 Å². The first-order valence-corrected chi connectivity index (χ1v) is 20.0. The van der Waals surface area contributed by atoms with Crippen molar-refractivity contribution in [1.29, 1.82) is 0 Å². The number of nitrogens with one attached hydrogen (secondary N) is 2. The number of carbonyl (C=O) groups excluding carboxylic acids is 2. The number of ether oxygens (including phenoxy) is 2. The van der Waals surface area contributed by atoms with E-state index in [1.807, 2.05) is 12.1 Å². The zero-order valence-corrected chi connectivity index (χ0v) is 35.4. The van der Waals surface area contributed by atoms with Crippen molar-refractivity contribution >= 4 is 11.9 Å². The topological polar surface area (TPSA) is 96.9 Å². The summed E-state index contributed by atoms with van der Waals surface area (Å²) >= 11 is 0. The highest BCUT2D eigenvalue weighted by Crippen LogP contribution is 2.44. The fourth-order valence-corrected chi connectivity index (χ4v) is 9.17. The molecule has 2 aliphatic heterocycles. The molecule has 7 nitrogen and oxygen atoms in total. The molecule has 3 N–H and O–H groups in total. The first-order valence-electron chi connectivity index (χ1n) is 20.0. The van der Waals surface area contributed by atoms with E-state index < -0.39 is 17.4 Å². The molecule has 0 spiro atoms. The van der Waals surface area contributed by atoms with Crippen molar-refractivity contribution in [1.82, 2.24) is 10.6 Å². The van der Waals surface area contributed by atoms with E-state index in [-0.39, 0.29) is 57.4 Å². The molecule has 0 radical (unpaired) electrons. The van der Waals surface area contributed by atoms with Crippen LogP contribution in [-0.2, 0) is 36.3 Å². The third-order valence-corrected chi connectivity index (χ3v) is 10.9. The number of benzene rings is 1. The van der Waals surface area contributed by atoms with Crippen molar-refractivity contribution in [2.75, 3.05) is 0 Å². The molecular formula is C44H76N2O5. The van der Waals surface area contributed by atoms with Gasteiger partial charge in [-0.2, -0.15) is 0 Å². The van der Waals surface area contributed by atoms with E-state index in [0.717, 1.165) is 48.8 Å². The molecule has 1 aromatic rings. The van der Waals surface area contributed by atoms with Gasteiger partial charge in [0.2, 0.25) is 0 Å². The normalized spacial score (nSPS) is 20.9. The van der Waals surface area contributed by atoms with Crippen LogP contribution in [0.2, 0.25) is 0 Å². The Hall–Kier alpha value is -2.12. The lowest BCUT2D eigenvalue weighted by Gasteiger charge is -2.47. The highest BCUT2D eigenvalue weighted by molar-refractivity contribution is 6.00. The Morgan fingerprint density at radius 3 is 1.37 bits per heavy atom. The largest absolute Gasteiger partial charge is 0.507 e. The molecule has 0 unspecified atom stereocenters. The zero-order chi connectivity index (χ0) is 38.8. The Bertz CT molecular complexity index is 1240. The quantitative estimate of drug-likeness (QED) is 0.106. The minimum absolute atomic E-state index is 0.154. The second kappa shape index (κ2) is 15.7. The Balaban J connectivity index is 2.19. The summed E-state index contributed by atoms with van der Waals surface area (Å²) in [5.74, 6) is -0.673. The first kappa shape index (κ1) is 43.3. The zero-order valence-electron chi connectivity index (χ0n) is 35.4. The average Bonchev–Trinajstić information content (AvgIpc) is 2.90. The second-order valence-electron chi connectivity index (χ2n) is 21.0. The van der Waals surface area contributed by atoms with Crippen LogP contribution < -0.4 is 10.6 Å². The molecule has 3 rings (SSSR count). The van der Waals surface area contributed by atoms with Gasteiger partial charge in [0.15, 0.2) is 5.41 Å². The molecule has 292 valence electrons. The van der Waals surface area contributed by atoms with E-state index in [2.05, 4.69) is 114 Å². The molecule has 2 aliphatic rings. The Labute approximate surface area is 312 Å². The number of hydrogen-bond acceptors (Lipinski definition) is 7. The third-order valence-electron chi connectivity index (χ3n) is 10.9. The summed E-state index contributed by atoms with van der Waals surface area (Å²) in [5.41, 5.74) is -0.730. The minimum Gasteiger partial charge on any atom is -0.507 e. The molecule has 1 aromatic carbocycles. The van der Waals surface area contributed by atoms with Gasteiger partial charge in [-0.15, -0.1) is 0 Å². The summed E-state index contributed by atoms with van der Waals surface area (Å²) in [4.78, 5) is 30.2. The predicted octanol–water partition coefficient (Wildman–Crippen LogP) is 9.97. The van der Waals surface area contributed by atoms with Gasteiger partial charge in [-0.1, -0.05) is 99.1 Å². The number of hydrogen-bond donors (Lipinski definition) is 3. The highest BCUT2D eigenvalue weighted by Gasteiger charge is 2.52. The van der Waals surface area contributed by atoms with E-state index in [4.69, 9.17) is 9.47 Å². The van der Waals surface area contributed by atoms with Crippen LogP contribution in [0.5, 0.6) is 5.75 Å². The Morgan fingerprint density at radius 1 is 0.667 bits per heavy atom. The van der Waals surface area contributed by atoms with Gasteiger partial charge in [0, 0.05) is 47.8 Å². The van der Waals surface area contributed by atoms with Crippen LogP contribution >= 0.6 is 0 Å². The van der Waals surface area contributed by atoms with Crippen molar-refractivity contribution in [2.45, 2.75) is 226 Å². The van der Waals surface area contributed by atoms with Gasteiger partial charge < -0.3 is 25.2 Å². The molecule has 2 fully saturated rings. The minimum atomic E-state index is -1.54. The van der Waals surface area contributed by atoms with Crippen LogP contribution in [-0.4, -0.2) is 51.4 Å². The molecule has 0 saturated carbocycles. The van der Waals surface area contributed by atoms with Crippen molar-refractivity contribution in [2.24, 2.45) is 5.41 Å². The first-order chi connectivity index (χ1) is 23.1. The van der Waals surface area contributed by atoms with Gasteiger partial charge in [-0.05, 0) is 95.8 Å². The van der Waals surface area contributed by atoms with Gasteiger partial charge in [-0.3, -0.25) is 9.59 Å². The second-order valence-corrected chi connectivity index (χ2v) is 21.0. The molecule has 0 atom stereocenters. The predicted molar refractivity (Wildman–Crippen MR) is 210 cm³/mol. The van der Waals surface area contributed by atoms with Gasteiger partial charge in [0.1, 0.15) is 18.0 Å². The molecule has 0 aromatic heterocycles. The Morgan fingerprint density at radius 2 is 1.02 bits per heavy atom. The number of piperidine rings is 2. The molecule has 0 amide bonds. The summed E-state index contributed by atoms with van der Waals surface area (Å²) in [5, 5.41) is 19.0. The summed E-state index contributed by atoms with van der Waals surface area (Å²) in [6.45, 7) is 31.9. The van der Waals surface area contributed by atoms with Crippen molar-refractivity contribution in [3.05, 3.63) is 28.8 Å². The van der Waals surface area contributed by atoms with Crippen molar-refractivity contribution in [3.8, 4) is 5.75 Å². The maximum atomic E-state index is 15.1. The fraction of sp³-hybridized carbons (Fsp3) is 0.818. The lowest BCUT2D eigenvalue weighted by molar-refractivity contribution is -0.183. The van der Waals surface area contributed by atoms with E-state index >= 15 is 9.59 Å². The SMILES string of the molecule is CCCCCCCCC(Cc1cc(C(C)(C)C)c(O)c(C(C)(C)C)c1)(C(=O)OC1CC(C)(C)NC(C)(C)C1)C(=O)OC1CC(C)(C)NC(C)(C)C1.